The van der Waals surface area contributed by atoms with Gasteiger partial charge in [-0.15, -0.1) is 0 Å². The van der Waals surface area contributed by atoms with Crippen molar-refractivity contribution in [1.29, 1.82) is 5.26 Å². The lowest BCUT2D eigenvalue weighted by molar-refractivity contribution is -0.126. The highest BCUT2D eigenvalue weighted by Crippen LogP contribution is 2.30. The highest BCUT2D eigenvalue weighted by Gasteiger charge is 2.34. The van der Waals surface area contributed by atoms with Crippen LogP contribution >= 0.6 is 11.6 Å². The largest absolute Gasteiger partial charge is 0.324 e. The SMILES string of the molecule is CC1(C(=O)Nc2cc(Cl)ccc2C#N)CCNCC1. The number of hydrogen-bond acceptors (Lipinski definition) is 3. The molecule has 0 spiro atoms. The van der Waals surface area contributed by atoms with Crippen molar-refractivity contribution in [3.05, 3.63) is 28.8 Å². The lowest BCUT2D eigenvalue weighted by Crippen LogP contribution is -2.42. The van der Waals surface area contributed by atoms with Crippen LogP contribution in [0.2, 0.25) is 5.02 Å². The normalized spacial score (nSPS) is 17.5. The van der Waals surface area contributed by atoms with Gasteiger partial charge in [-0.3, -0.25) is 4.79 Å². The number of carbonyl (C=O) groups excluding carboxylic acids is 1. The molecule has 2 rings (SSSR count). The number of piperidine rings is 1. The minimum absolute atomic E-state index is 0.0484. The van der Waals surface area contributed by atoms with Gasteiger partial charge in [0.2, 0.25) is 5.91 Å². The highest BCUT2D eigenvalue weighted by atomic mass is 35.5. The van der Waals surface area contributed by atoms with E-state index in [1.807, 2.05) is 6.92 Å². The number of carbonyl (C=O) groups is 1. The fourth-order valence-electron chi connectivity index (χ4n) is 2.20. The predicted molar refractivity (Wildman–Crippen MR) is 75.0 cm³/mol. The van der Waals surface area contributed by atoms with E-state index in [-0.39, 0.29) is 11.3 Å². The van der Waals surface area contributed by atoms with Gasteiger partial charge in [0, 0.05) is 10.4 Å². The standard InChI is InChI=1S/C14H16ClN3O/c1-14(4-6-17-7-5-14)13(19)18-12-8-11(15)3-2-10(12)9-16/h2-3,8,17H,4-7H2,1H3,(H,18,19). The Balaban J connectivity index is 2.19. The van der Waals surface area contributed by atoms with Crippen molar-refractivity contribution < 1.29 is 4.79 Å². The van der Waals surface area contributed by atoms with E-state index in [1.54, 1.807) is 18.2 Å². The molecule has 0 unspecified atom stereocenters. The first-order valence-corrected chi connectivity index (χ1v) is 6.65. The third-order valence-electron chi connectivity index (χ3n) is 3.61. The van der Waals surface area contributed by atoms with E-state index in [4.69, 9.17) is 16.9 Å². The van der Waals surface area contributed by atoms with Crippen LogP contribution in [0.15, 0.2) is 18.2 Å². The van der Waals surface area contributed by atoms with Crippen LogP contribution in [0.5, 0.6) is 0 Å². The Morgan fingerprint density at radius 1 is 1.47 bits per heavy atom. The monoisotopic (exact) mass is 277 g/mol. The van der Waals surface area contributed by atoms with E-state index < -0.39 is 0 Å². The van der Waals surface area contributed by atoms with Crippen molar-refractivity contribution in [2.45, 2.75) is 19.8 Å². The Labute approximate surface area is 117 Å². The number of nitrogens with one attached hydrogen (secondary N) is 2. The quantitative estimate of drug-likeness (QED) is 0.873. The molecule has 0 atom stereocenters. The topological polar surface area (TPSA) is 64.9 Å². The molecule has 1 fully saturated rings. The molecule has 19 heavy (non-hydrogen) atoms. The second kappa shape index (κ2) is 5.60. The maximum atomic E-state index is 12.4. The summed E-state index contributed by atoms with van der Waals surface area (Å²) in [6.07, 6.45) is 1.59. The highest BCUT2D eigenvalue weighted by molar-refractivity contribution is 6.31. The fraction of sp³-hybridized carbons (Fsp3) is 0.429. The molecule has 1 saturated heterocycles. The first-order chi connectivity index (χ1) is 9.05. The lowest BCUT2D eigenvalue weighted by atomic mass is 9.80. The number of anilines is 1. The molecule has 1 aliphatic rings. The molecule has 4 nitrogen and oxygen atoms in total. The Hall–Kier alpha value is -1.57. The van der Waals surface area contributed by atoms with Crippen molar-refractivity contribution in [3.63, 3.8) is 0 Å². The van der Waals surface area contributed by atoms with E-state index in [0.717, 1.165) is 25.9 Å². The van der Waals surface area contributed by atoms with Gasteiger partial charge in [-0.05, 0) is 44.1 Å². The summed E-state index contributed by atoms with van der Waals surface area (Å²) in [4.78, 5) is 12.4. The minimum atomic E-state index is -0.389. The smallest absolute Gasteiger partial charge is 0.230 e. The molecule has 100 valence electrons. The number of hydrogen-bond donors (Lipinski definition) is 2. The third kappa shape index (κ3) is 3.06. The molecule has 1 heterocycles. The van der Waals surface area contributed by atoms with E-state index >= 15 is 0 Å². The minimum Gasteiger partial charge on any atom is -0.324 e. The summed E-state index contributed by atoms with van der Waals surface area (Å²) in [5.74, 6) is -0.0484. The molecule has 0 aliphatic carbocycles. The zero-order chi connectivity index (χ0) is 13.9. The van der Waals surface area contributed by atoms with E-state index in [9.17, 15) is 4.79 Å². The zero-order valence-corrected chi connectivity index (χ0v) is 11.5. The Morgan fingerprint density at radius 3 is 2.79 bits per heavy atom. The van der Waals surface area contributed by atoms with Gasteiger partial charge < -0.3 is 10.6 Å². The Bertz CT molecular complexity index is 530. The van der Waals surface area contributed by atoms with Gasteiger partial charge in [0.25, 0.3) is 0 Å². The molecule has 1 aliphatic heterocycles. The maximum absolute atomic E-state index is 12.4. The number of halogens is 1. The van der Waals surface area contributed by atoms with Gasteiger partial charge in [0.1, 0.15) is 6.07 Å². The Morgan fingerprint density at radius 2 is 2.16 bits per heavy atom. The van der Waals surface area contributed by atoms with Crippen LogP contribution in [0.1, 0.15) is 25.3 Å². The number of rotatable bonds is 2. The summed E-state index contributed by atoms with van der Waals surface area (Å²) in [5.41, 5.74) is 0.523. The zero-order valence-electron chi connectivity index (χ0n) is 10.8. The van der Waals surface area contributed by atoms with Crippen LogP contribution in [-0.2, 0) is 4.79 Å². The molecule has 1 amide bonds. The van der Waals surface area contributed by atoms with Crippen molar-refractivity contribution >= 4 is 23.2 Å². The number of nitrogens with zero attached hydrogens (tertiary/aromatic N) is 1. The average Bonchev–Trinajstić information content (AvgIpc) is 2.40. The van der Waals surface area contributed by atoms with Crippen LogP contribution in [0.25, 0.3) is 0 Å². The van der Waals surface area contributed by atoms with E-state index in [0.29, 0.717) is 16.3 Å². The molecule has 0 saturated carbocycles. The summed E-state index contributed by atoms with van der Waals surface area (Å²) in [7, 11) is 0. The molecular weight excluding hydrogens is 262 g/mol. The molecule has 0 aromatic heterocycles. The van der Waals surface area contributed by atoms with Gasteiger partial charge in [0.05, 0.1) is 11.3 Å². The average molecular weight is 278 g/mol. The summed E-state index contributed by atoms with van der Waals surface area (Å²) in [6.45, 7) is 3.63. The van der Waals surface area contributed by atoms with Crippen LogP contribution in [0.4, 0.5) is 5.69 Å². The molecule has 1 aromatic rings. The van der Waals surface area contributed by atoms with E-state index in [2.05, 4.69) is 16.7 Å². The molecule has 1 aromatic carbocycles. The predicted octanol–water partition coefficient (Wildman–Crippen LogP) is 2.54. The summed E-state index contributed by atoms with van der Waals surface area (Å²) < 4.78 is 0. The number of benzene rings is 1. The van der Waals surface area contributed by atoms with Crippen LogP contribution in [-0.4, -0.2) is 19.0 Å². The van der Waals surface area contributed by atoms with Gasteiger partial charge in [-0.25, -0.2) is 0 Å². The van der Waals surface area contributed by atoms with Gasteiger partial charge in [-0.2, -0.15) is 5.26 Å². The number of nitriles is 1. The molecule has 0 radical (unpaired) electrons. The fourth-order valence-corrected chi connectivity index (χ4v) is 2.37. The second-order valence-electron chi connectivity index (χ2n) is 5.07. The first-order valence-electron chi connectivity index (χ1n) is 6.27. The molecule has 0 bridgehead atoms. The first kappa shape index (κ1) is 13.9. The van der Waals surface area contributed by atoms with Crippen molar-refractivity contribution in [1.82, 2.24) is 5.32 Å². The van der Waals surface area contributed by atoms with E-state index in [1.165, 1.54) is 0 Å². The van der Waals surface area contributed by atoms with Gasteiger partial charge in [0.15, 0.2) is 0 Å². The van der Waals surface area contributed by atoms with Crippen LogP contribution in [0.3, 0.4) is 0 Å². The molecule has 2 N–H and O–H groups in total. The molecular formula is C14H16ClN3O. The van der Waals surface area contributed by atoms with Gasteiger partial charge >= 0.3 is 0 Å². The van der Waals surface area contributed by atoms with Crippen molar-refractivity contribution in [2.75, 3.05) is 18.4 Å². The lowest BCUT2D eigenvalue weighted by Gasteiger charge is -2.32. The van der Waals surface area contributed by atoms with Crippen molar-refractivity contribution in [2.24, 2.45) is 5.41 Å². The maximum Gasteiger partial charge on any atom is 0.230 e. The molecule has 5 heteroatoms. The van der Waals surface area contributed by atoms with Gasteiger partial charge in [-0.1, -0.05) is 18.5 Å². The summed E-state index contributed by atoms with van der Waals surface area (Å²) >= 11 is 5.91. The summed E-state index contributed by atoms with van der Waals surface area (Å²) in [5, 5.41) is 15.6. The second-order valence-corrected chi connectivity index (χ2v) is 5.50. The van der Waals surface area contributed by atoms with Crippen molar-refractivity contribution in [3.8, 4) is 6.07 Å². The Kier molecular flexibility index (Phi) is 4.08. The number of amides is 1. The van der Waals surface area contributed by atoms with Crippen LogP contribution in [0, 0.1) is 16.7 Å². The summed E-state index contributed by atoms with van der Waals surface area (Å²) in [6, 6.07) is 6.93. The van der Waals surface area contributed by atoms with Crippen LogP contribution < -0.4 is 10.6 Å². The third-order valence-corrected chi connectivity index (χ3v) is 3.84.